The number of rotatable bonds is 7. The number of hydrogen-bond acceptors (Lipinski definition) is 5. The largest absolute Gasteiger partial charge is 0.398 e. The van der Waals surface area contributed by atoms with E-state index in [1.54, 1.807) is 0 Å². The summed E-state index contributed by atoms with van der Waals surface area (Å²) in [5.41, 5.74) is 11.7. The monoisotopic (exact) mass is 414 g/mol. The minimum atomic E-state index is -0.420. The summed E-state index contributed by atoms with van der Waals surface area (Å²) in [7, 11) is 0. The van der Waals surface area contributed by atoms with Crippen molar-refractivity contribution >= 4 is 29.1 Å². The van der Waals surface area contributed by atoms with Gasteiger partial charge in [-0.25, -0.2) is 0 Å². The summed E-state index contributed by atoms with van der Waals surface area (Å²) in [6.45, 7) is 6.38. The Hall–Kier alpha value is -3.43. The highest BCUT2D eigenvalue weighted by Crippen LogP contribution is 2.44. The summed E-state index contributed by atoms with van der Waals surface area (Å²) in [5.74, 6) is 0.401. The fourth-order valence-corrected chi connectivity index (χ4v) is 4.40. The highest BCUT2D eigenvalue weighted by Gasteiger charge is 2.33. The lowest BCUT2D eigenvalue weighted by atomic mass is 9.81. The van der Waals surface area contributed by atoms with Gasteiger partial charge in [-0.1, -0.05) is 38.1 Å². The quantitative estimate of drug-likeness (QED) is 0.336. The average Bonchev–Trinajstić information content (AvgIpc) is 3.03. The van der Waals surface area contributed by atoms with E-state index < -0.39 is 5.41 Å². The van der Waals surface area contributed by atoms with E-state index in [1.807, 2.05) is 36.4 Å². The summed E-state index contributed by atoms with van der Waals surface area (Å²) in [6, 6.07) is 13.7. The van der Waals surface area contributed by atoms with Crippen molar-refractivity contribution in [2.45, 2.75) is 32.2 Å². The summed E-state index contributed by atoms with van der Waals surface area (Å²) in [4.78, 5) is 11.2. The lowest BCUT2D eigenvalue weighted by Crippen LogP contribution is -2.33. The first kappa shape index (κ1) is 20.8. The van der Waals surface area contributed by atoms with Crippen molar-refractivity contribution in [2.24, 2.45) is 5.92 Å². The Morgan fingerprint density at radius 1 is 1.29 bits per heavy atom. The molecule has 0 aliphatic carbocycles. The number of nitrogens with two attached hydrogens (primary N) is 1. The molecule has 0 unspecified atom stereocenters. The highest BCUT2D eigenvalue weighted by atomic mass is 16.5. The summed E-state index contributed by atoms with van der Waals surface area (Å²) >= 11 is 0. The number of nitrogens with zero attached hydrogens (tertiary/aromatic N) is 2. The standard InChI is InChI=1S/C25H26N4O2/c1-25(2,7-8-26)24-23(18-5-3-16(13-30)4-6-18)20-10-21(28)19(11-27)9-22(20)29(24)12-17-14-31-15-17/h3-6,9-11,13,17,27H,7,12,14-15,28H2,1-2H3. The van der Waals surface area contributed by atoms with Crippen LogP contribution in [0.5, 0.6) is 0 Å². The molecule has 6 nitrogen and oxygen atoms in total. The second kappa shape index (κ2) is 8.01. The molecular weight excluding hydrogens is 388 g/mol. The number of hydrogen-bond donors (Lipinski definition) is 2. The van der Waals surface area contributed by atoms with Crippen molar-refractivity contribution < 1.29 is 9.53 Å². The predicted molar refractivity (Wildman–Crippen MR) is 123 cm³/mol. The molecule has 3 N–H and O–H groups in total. The van der Waals surface area contributed by atoms with E-state index in [-0.39, 0.29) is 0 Å². The molecular formula is C25H26N4O2. The summed E-state index contributed by atoms with van der Waals surface area (Å²) in [6.07, 6.45) is 2.46. The SMILES string of the molecule is CC(C)(CC#N)c1c(-c2ccc(C=O)cc2)c2cc(N)c(C=N)cc2n1CC1COC1. The number of fused-ring (bicyclic) bond motifs is 1. The fourth-order valence-electron chi connectivity index (χ4n) is 4.40. The average molecular weight is 415 g/mol. The van der Waals surface area contributed by atoms with Gasteiger partial charge >= 0.3 is 0 Å². The van der Waals surface area contributed by atoms with E-state index in [1.165, 1.54) is 6.21 Å². The molecule has 0 bridgehead atoms. The van der Waals surface area contributed by atoms with Crippen LogP contribution in [0.2, 0.25) is 0 Å². The Morgan fingerprint density at radius 3 is 2.55 bits per heavy atom. The number of carbonyl (C=O) groups is 1. The normalized spacial score (nSPS) is 14.2. The number of anilines is 1. The molecule has 4 rings (SSSR count). The first-order valence-corrected chi connectivity index (χ1v) is 10.4. The Balaban J connectivity index is 2.08. The van der Waals surface area contributed by atoms with Crippen LogP contribution in [0.1, 0.15) is 41.9 Å². The zero-order chi connectivity index (χ0) is 22.2. The fraction of sp³-hybridized carbons (Fsp3) is 0.320. The molecule has 1 aliphatic heterocycles. The van der Waals surface area contributed by atoms with Gasteiger partial charge in [0.05, 0.1) is 19.3 Å². The van der Waals surface area contributed by atoms with Crippen molar-refractivity contribution in [3.63, 3.8) is 0 Å². The molecule has 0 spiro atoms. The van der Waals surface area contributed by atoms with E-state index in [4.69, 9.17) is 15.9 Å². The molecule has 31 heavy (non-hydrogen) atoms. The van der Waals surface area contributed by atoms with Gasteiger partial charge < -0.3 is 20.4 Å². The third kappa shape index (κ3) is 3.62. The summed E-state index contributed by atoms with van der Waals surface area (Å²) < 4.78 is 7.71. The van der Waals surface area contributed by atoms with Crippen LogP contribution in [0, 0.1) is 22.7 Å². The zero-order valence-corrected chi connectivity index (χ0v) is 17.8. The molecule has 1 aliphatic rings. The Morgan fingerprint density at radius 2 is 2.00 bits per heavy atom. The first-order valence-electron chi connectivity index (χ1n) is 10.4. The van der Waals surface area contributed by atoms with Crippen molar-refractivity contribution in [1.29, 1.82) is 10.7 Å². The van der Waals surface area contributed by atoms with Crippen LogP contribution >= 0.6 is 0 Å². The second-order valence-corrected chi connectivity index (χ2v) is 8.84. The minimum absolute atomic E-state index is 0.358. The van der Waals surface area contributed by atoms with Crippen LogP contribution < -0.4 is 5.73 Å². The van der Waals surface area contributed by atoms with Crippen molar-refractivity contribution in [2.75, 3.05) is 18.9 Å². The predicted octanol–water partition coefficient (Wildman–Crippen LogP) is 4.54. The lowest BCUT2D eigenvalue weighted by molar-refractivity contribution is -0.0393. The van der Waals surface area contributed by atoms with Crippen LogP contribution in [-0.2, 0) is 16.7 Å². The third-order valence-corrected chi connectivity index (χ3v) is 6.07. The van der Waals surface area contributed by atoms with Crippen LogP contribution in [0.15, 0.2) is 36.4 Å². The zero-order valence-electron chi connectivity index (χ0n) is 17.8. The smallest absolute Gasteiger partial charge is 0.150 e. The van der Waals surface area contributed by atoms with E-state index in [9.17, 15) is 10.1 Å². The van der Waals surface area contributed by atoms with Crippen LogP contribution in [0.25, 0.3) is 22.0 Å². The molecule has 2 aromatic carbocycles. The van der Waals surface area contributed by atoms with Gasteiger partial charge in [0.25, 0.3) is 0 Å². The first-order chi connectivity index (χ1) is 14.9. The maximum atomic E-state index is 11.2. The number of carbonyl (C=O) groups excluding carboxylic acids is 1. The third-order valence-electron chi connectivity index (χ3n) is 6.07. The van der Waals surface area contributed by atoms with Crippen molar-refractivity contribution in [3.8, 4) is 17.2 Å². The van der Waals surface area contributed by atoms with Gasteiger partial charge in [0.15, 0.2) is 0 Å². The molecule has 3 aromatic rings. The Bertz CT molecular complexity index is 1200. The number of nitrogen functional groups attached to an aromatic ring is 1. The topological polar surface area (TPSA) is 105 Å². The Kier molecular flexibility index (Phi) is 5.38. The van der Waals surface area contributed by atoms with Crippen molar-refractivity contribution in [3.05, 3.63) is 53.2 Å². The highest BCUT2D eigenvalue weighted by molar-refractivity contribution is 6.04. The molecule has 1 saturated heterocycles. The minimum Gasteiger partial charge on any atom is -0.398 e. The lowest BCUT2D eigenvalue weighted by Gasteiger charge is -2.31. The molecule has 1 fully saturated rings. The number of aromatic nitrogens is 1. The molecule has 2 heterocycles. The second-order valence-electron chi connectivity index (χ2n) is 8.84. The number of nitriles is 1. The molecule has 6 heteroatoms. The number of nitrogens with one attached hydrogen (secondary N) is 1. The molecule has 0 atom stereocenters. The van der Waals surface area contributed by atoms with E-state index in [0.717, 1.165) is 40.6 Å². The van der Waals surface area contributed by atoms with Gasteiger partial charge in [-0.15, -0.1) is 0 Å². The van der Waals surface area contributed by atoms with E-state index >= 15 is 0 Å². The molecule has 0 saturated carbocycles. The summed E-state index contributed by atoms with van der Waals surface area (Å²) in [5, 5.41) is 18.3. The molecule has 0 radical (unpaired) electrons. The van der Waals surface area contributed by atoms with E-state index in [0.29, 0.717) is 42.4 Å². The van der Waals surface area contributed by atoms with Gasteiger partial charge in [0.2, 0.25) is 0 Å². The van der Waals surface area contributed by atoms with Gasteiger partial charge in [-0.05, 0) is 17.7 Å². The number of aldehydes is 1. The van der Waals surface area contributed by atoms with Crippen LogP contribution in [0.3, 0.4) is 0 Å². The molecule has 158 valence electrons. The maximum absolute atomic E-state index is 11.2. The van der Waals surface area contributed by atoms with Gasteiger partial charge in [0.1, 0.15) is 6.29 Å². The molecule has 1 aromatic heterocycles. The van der Waals surface area contributed by atoms with Gasteiger partial charge in [-0.3, -0.25) is 4.79 Å². The van der Waals surface area contributed by atoms with Crippen LogP contribution in [0.4, 0.5) is 5.69 Å². The van der Waals surface area contributed by atoms with Crippen molar-refractivity contribution in [1.82, 2.24) is 4.57 Å². The number of benzene rings is 2. The maximum Gasteiger partial charge on any atom is 0.150 e. The van der Waals surface area contributed by atoms with Crippen LogP contribution in [-0.4, -0.2) is 30.3 Å². The van der Waals surface area contributed by atoms with Gasteiger partial charge in [0, 0.05) is 69.5 Å². The molecule has 0 amide bonds. The van der Waals surface area contributed by atoms with Gasteiger partial charge in [-0.2, -0.15) is 5.26 Å². The Labute approximate surface area is 181 Å². The van der Waals surface area contributed by atoms with E-state index in [2.05, 4.69) is 24.5 Å². The number of ether oxygens (including phenoxy) is 1.